The second-order valence-corrected chi connectivity index (χ2v) is 5.76. The van der Waals surface area contributed by atoms with Crippen LogP contribution in [0.4, 0.5) is 0 Å². The summed E-state index contributed by atoms with van der Waals surface area (Å²) < 4.78 is 0. The summed E-state index contributed by atoms with van der Waals surface area (Å²) in [4.78, 5) is 18.1. The van der Waals surface area contributed by atoms with Crippen molar-refractivity contribution in [1.29, 1.82) is 0 Å². The minimum Gasteiger partial charge on any atom is -0.312 e. The summed E-state index contributed by atoms with van der Waals surface area (Å²) in [5.41, 5.74) is 3.71. The van der Waals surface area contributed by atoms with Crippen molar-refractivity contribution in [1.82, 2.24) is 15.3 Å². The molecule has 5 heteroatoms. The van der Waals surface area contributed by atoms with Crippen molar-refractivity contribution in [3.05, 3.63) is 57.5 Å². The van der Waals surface area contributed by atoms with E-state index in [0.717, 1.165) is 5.75 Å². The zero-order valence-electron chi connectivity index (χ0n) is 11.9. The molecule has 0 amide bonds. The molecule has 20 heavy (non-hydrogen) atoms. The molecule has 1 heterocycles. The maximum Gasteiger partial charge on any atom is 0.251 e. The van der Waals surface area contributed by atoms with Gasteiger partial charge >= 0.3 is 0 Å². The molecular weight excluding hydrogens is 270 g/mol. The molecule has 0 saturated carbocycles. The van der Waals surface area contributed by atoms with Crippen molar-refractivity contribution in [2.24, 2.45) is 0 Å². The van der Waals surface area contributed by atoms with Gasteiger partial charge in [-0.05, 0) is 32.0 Å². The van der Waals surface area contributed by atoms with E-state index in [-0.39, 0.29) is 11.6 Å². The van der Waals surface area contributed by atoms with Crippen LogP contribution in [0.1, 0.15) is 22.7 Å². The van der Waals surface area contributed by atoms with Crippen molar-refractivity contribution in [2.75, 3.05) is 12.8 Å². The second-order valence-electron chi connectivity index (χ2n) is 4.75. The molecule has 2 rings (SSSR count). The average molecular weight is 289 g/mol. The number of aromatic amines is 1. The van der Waals surface area contributed by atoms with Gasteiger partial charge in [-0.15, -0.1) is 0 Å². The van der Waals surface area contributed by atoms with Crippen molar-refractivity contribution in [3.8, 4) is 0 Å². The first-order chi connectivity index (χ1) is 9.60. The Bertz CT molecular complexity index is 639. The lowest BCUT2D eigenvalue weighted by Gasteiger charge is -2.18. The van der Waals surface area contributed by atoms with Crippen LogP contribution < -0.4 is 10.9 Å². The fraction of sp³-hybridized carbons (Fsp3) is 0.333. The van der Waals surface area contributed by atoms with Crippen molar-refractivity contribution in [3.63, 3.8) is 0 Å². The summed E-state index contributed by atoms with van der Waals surface area (Å²) in [5.74, 6) is 0.813. The number of nitrogens with one attached hydrogen (secondary N) is 2. The van der Waals surface area contributed by atoms with E-state index >= 15 is 0 Å². The van der Waals surface area contributed by atoms with Crippen molar-refractivity contribution in [2.45, 2.75) is 25.0 Å². The van der Waals surface area contributed by atoms with Crippen LogP contribution in [-0.2, 0) is 0 Å². The third kappa shape index (κ3) is 3.71. The lowest BCUT2D eigenvalue weighted by molar-refractivity contribution is 0.656. The number of aromatic nitrogens is 2. The van der Waals surface area contributed by atoms with E-state index in [1.165, 1.54) is 29.0 Å². The van der Waals surface area contributed by atoms with E-state index in [1.54, 1.807) is 11.8 Å². The fourth-order valence-corrected chi connectivity index (χ4v) is 3.11. The molecule has 0 aliphatic rings. The van der Waals surface area contributed by atoms with E-state index in [4.69, 9.17) is 0 Å². The SMILES string of the molecule is CNC(CSc1nccc(=O)[nH]1)c1ccc(C)cc1C. The quantitative estimate of drug-likeness (QED) is 0.656. The first-order valence-electron chi connectivity index (χ1n) is 6.52. The topological polar surface area (TPSA) is 57.8 Å². The summed E-state index contributed by atoms with van der Waals surface area (Å²) in [5, 5.41) is 3.98. The molecule has 0 bridgehead atoms. The highest BCUT2D eigenvalue weighted by atomic mass is 32.2. The summed E-state index contributed by atoms with van der Waals surface area (Å²) >= 11 is 1.55. The number of rotatable bonds is 5. The number of aryl methyl sites for hydroxylation is 2. The smallest absolute Gasteiger partial charge is 0.251 e. The third-order valence-electron chi connectivity index (χ3n) is 3.18. The molecule has 2 aromatic rings. The molecule has 0 spiro atoms. The van der Waals surface area contributed by atoms with Gasteiger partial charge in [0, 0.05) is 24.1 Å². The van der Waals surface area contributed by atoms with Crippen LogP contribution in [0.3, 0.4) is 0 Å². The van der Waals surface area contributed by atoms with Crippen LogP contribution >= 0.6 is 11.8 Å². The first-order valence-corrected chi connectivity index (χ1v) is 7.51. The molecule has 1 unspecified atom stereocenters. The number of hydrogen-bond acceptors (Lipinski definition) is 4. The fourth-order valence-electron chi connectivity index (χ4n) is 2.13. The van der Waals surface area contributed by atoms with Crippen LogP contribution in [-0.4, -0.2) is 22.8 Å². The number of benzene rings is 1. The lowest BCUT2D eigenvalue weighted by Crippen LogP contribution is -2.20. The molecule has 4 nitrogen and oxygen atoms in total. The Morgan fingerprint density at radius 2 is 2.15 bits per heavy atom. The predicted octanol–water partition coefficient (Wildman–Crippen LogP) is 2.44. The summed E-state index contributed by atoms with van der Waals surface area (Å²) in [6, 6.07) is 8.12. The van der Waals surface area contributed by atoms with Crippen LogP contribution in [0, 0.1) is 13.8 Å². The molecule has 1 aromatic carbocycles. The van der Waals surface area contributed by atoms with Gasteiger partial charge in [-0.2, -0.15) is 0 Å². The molecular formula is C15H19N3OS. The molecule has 0 saturated heterocycles. The molecule has 2 N–H and O–H groups in total. The number of nitrogens with zero attached hydrogens (tertiary/aromatic N) is 1. The van der Waals surface area contributed by atoms with Gasteiger partial charge in [0.25, 0.3) is 5.56 Å². The highest BCUT2D eigenvalue weighted by molar-refractivity contribution is 7.99. The number of hydrogen-bond donors (Lipinski definition) is 2. The number of H-pyrrole nitrogens is 1. The summed E-state index contributed by atoms with van der Waals surface area (Å²) in [7, 11) is 1.95. The van der Waals surface area contributed by atoms with Gasteiger partial charge < -0.3 is 10.3 Å². The highest BCUT2D eigenvalue weighted by Crippen LogP contribution is 2.24. The summed E-state index contributed by atoms with van der Waals surface area (Å²) in [6.07, 6.45) is 1.53. The highest BCUT2D eigenvalue weighted by Gasteiger charge is 2.12. The third-order valence-corrected chi connectivity index (χ3v) is 4.16. The molecule has 0 fully saturated rings. The van der Waals surface area contributed by atoms with E-state index in [2.05, 4.69) is 47.3 Å². The van der Waals surface area contributed by atoms with Crippen LogP contribution in [0.5, 0.6) is 0 Å². The zero-order chi connectivity index (χ0) is 14.5. The molecule has 0 aliphatic carbocycles. The van der Waals surface area contributed by atoms with Gasteiger partial charge in [0.1, 0.15) is 0 Å². The Morgan fingerprint density at radius 3 is 2.80 bits per heavy atom. The Hall–Kier alpha value is -1.59. The minimum absolute atomic E-state index is 0.116. The Labute approximate surface area is 123 Å². The predicted molar refractivity (Wildman–Crippen MR) is 83.3 cm³/mol. The summed E-state index contributed by atoms with van der Waals surface area (Å²) in [6.45, 7) is 4.22. The maximum atomic E-state index is 11.2. The van der Waals surface area contributed by atoms with Gasteiger partial charge in [0.15, 0.2) is 5.16 Å². The van der Waals surface area contributed by atoms with Gasteiger partial charge in [-0.1, -0.05) is 35.5 Å². The molecule has 1 aromatic heterocycles. The lowest BCUT2D eigenvalue weighted by atomic mass is 10.0. The van der Waals surface area contributed by atoms with Gasteiger partial charge in [0.05, 0.1) is 0 Å². The Kier molecular flexibility index (Phi) is 4.98. The molecule has 106 valence electrons. The van der Waals surface area contributed by atoms with E-state index < -0.39 is 0 Å². The number of thioether (sulfide) groups is 1. The Morgan fingerprint density at radius 1 is 1.35 bits per heavy atom. The molecule has 0 aliphatic heterocycles. The van der Waals surface area contributed by atoms with E-state index in [1.807, 2.05) is 7.05 Å². The molecule has 1 atom stereocenters. The van der Waals surface area contributed by atoms with Crippen LogP contribution in [0.15, 0.2) is 40.4 Å². The average Bonchev–Trinajstić information content (AvgIpc) is 2.41. The van der Waals surface area contributed by atoms with E-state index in [0.29, 0.717) is 5.16 Å². The van der Waals surface area contributed by atoms with Crippen molar-refractivity contribution >= 4 is 11.8 Å². The van der Waals surface area contributed by atoms with E-state index in [9.17, 15) is 4.79 Å². The largest absolute Gasteiger partial charge is 0.312 e. The molecule has 0 radical (unpaired) electrons. The van der Waals surface area contributed by atoms with Crippen LogP contribution in [0.2, 0.25) is 0 Å². The second kappa shape index (κ2) is 6.72. The van der Waals surface area contributed by atoms with Crippen molar-refractivity contribution < 1.29 is 0 Å². The first kappa shape index (κ1) is 14.8. The monoisotopic (exact) mass is 289 g/mol. The maximum absolute atomic E-state index is 11.2. The zero-order valence-corrected chi connectivity index (χ0v) is 12.8. The van der Waals surface area contributed by atoms with Gasteiger partial charge in [-0.3, -0.25) is 4.79 Å². The van der Waals surface area contributed by atoms with Gasteiger partial charge in [-0.25, -0.2) is 4.98 Å². The Balaban J connectivity index is 2.11. The van der Waals surface area contributed by atoms with Crippen LogP contribution in [0.25, 0.3) is 0 Å². The standard InChI is InChI=1S/C15H19N3OS/c1-10-4-5-12(11(2)8-10)13(16-3)9-20-15-17-7-6-14(19)18-15/h4-8,13,16H,9H2,1-3H3,(H,17,18,19). The van der Waals surface area contributed by atoms with Gasteiger partial charge in [0.2, 0.25) is 0 Å². The minimum atomic E-state index is -0.116. The normalized spacial score (nSPS) is 12.3.